The number of fused-ring (bicyclic) bond motifs is 1. The van der Waals surface area contributed by atoms with E-state index in [0.717, 1.165) is 4.88 Å². The zero-order chi connectivity index (χ0) is 23.4. The van der Waals surface area contributed by atoms with Crippen molar-refractivity contribution in [3.63, 3.8) is 0 Å². The molecule has 0 fully saturated rings. The lowest BCUT2D eigenvalue weighted by Gasteiger charge is -2.41. The van der Waals surface area contributed by atoms with Gasteiger partial charge in [-0.2, -0.15) is 0 Å². The maximum Gasteiger partial charge on any atom is 0.254 e. The van der Waals surface area contributed by atoms with Crippen LogP contribution in [0.2, 0.25) is 0 Å². The number of methoxy groups -OCH3 is 1. The first kappa shape index (κ1) is 22.7. The number of thiophene rings is 1. The molecule has 2 heterocycles. The minimum absolute atomic E-state index is 0.107. The monoisotopic (exact) mass is 463 g/mol. The molecule has 4 rings (SSSR count). The van der Waals surface area contributed by atoms with Gasteiger partial charge in [0.05, 0.1) is 18.6 Å². The first-order chi connectivity index (χ1) is 16.0. The minimum atomic E-state index is -0.593. The Bertz CT molecular complexity index is 1140. The van der Waals surface area contributed by atoms with Crippen molar-refractivity contribution in [2.24, 2.45) is 0 Å². The van der Waals surface area contributed by atoms with E-state index in [0.29, 0.717) is 35.7 Å². The smallest absolute Gasteiger partial charge is 0.254 e. The van der Waals surface area contributed by atoms with Gasteiger partial charge in [0.15, 0.2) is 0 Å². The highest BCUT2D eigenvalue weighted by molar-refractivity contribution is 7.10. The fraction of sp³-hybridized carbons (Fsp3) is 0.240. The van der Waals surface area contributed by atoms with Crippen LogP contribution in [0.5, 0.6) is 0 Å². The Balaban J connectivity index is 1.71. The third-order valence-corrected chi connectivity index (χ3v) is 6.51. The van der Waals surface area contributed by atoms with Crippen LogP contribution in [0.3, 0.4) is 0 Å². The van der Waals surface area contributed by atoms with Gasteiger partial charge in [-0.25, -0.2) is 0 Å². The molecule has 7 nitrogen and oxygen atoms in total. The lowest BCUT2D eigenvalue weighted by molar-refractivity contribution is -0.119. The molecule has 1 aliphatic heterocycles. The van der Waals surface area contributed by atoms with Crippen molar-refractivity contribution in [3.8, 4) is 0 Å². The van der Waals surface area contributed by atoms with Gasteiger partial charge in [-0.05, 0) is 47.3 Å². The fourth-order valence-corrected chi connectivity index (χ4v) is 5.02. The molecule has 1 aromatic heterocycles. The third-order valence-electron chi connectivity index (χ3n) is 5.56. The molecule has 3 aromatic rings. The Morgan fingerprint density at radius 2 is 1.70 bits per heavy atom. The maximum absolute atomic E-state index is 13.7. The van der Waals surface area contributed by atoms with Gasteiger partial charge >= 0.3 is 0 Å². The zero-order valence-electron chi connectivity index (χ0n) is 18.4. The molecule has 0 saturated heterocycles. The van der Waals surface area contributed by atoms with E-state index in [2.05, 4.69) is 10.6 Å². The zero-order valence-corrected chi connectivity index (χ0v) is 19.2. The van der Waals surface area contributed by atoms with Crippen LogP contribution in [0.4, 0.5) is 11.4 Å². The van der Waals surface area contributed by atoms with E-state index in [9.17, 15) is 14.4 Å². The van der Waals surface area contributed by atoms with Crippen LogP contribution in [0, 0.1) is 0 Å². The second kappa shape index (κ2) is 9.97. The standard InChI is InChI=1S/C25H25N3O4S/c1-16(29)26-17-9-11-18(12-10-17)27-24(30)22-19-6-3-4-7-20(19)25(31)28(13-14-32-2)23(22)21-8-5-15-33-21/h3-12,15,22-23H,13-14H2,1-2H3,(H,26,29)(H,27,30). The summed E-state index contributed by atoms with van der Waals surface area (Å²) in [7, 11) is 1.59. The summed E-state index contributed by atoms with van der Waals surface area (Å²) in [5, 5.41) is 7.66. The molecule has 0 aliphatic carbocycles. The molecule has 0 bridgehead atoms. The van der Waals surface area contributed by atoms with Gasteiger partial charge in [0.2, 0.25) is 11.8 Å². The Labute approximate surface area is 196 Å². The number of nitrogens with one attached hydrogen (secondary N) is 2. The first-order valence-corrected chi connectivity index (χ1v) is 11.5. The predicted octanol–water partition coefficient (Wildman–Crippen LogP) is 4.27. The van der Waals surface area contributed by atoms with E-state index in [-0.39, 0.29) is 17.7 Å². The molecule has 8 heteroatoms. The Morgan fingerprint density at radius 1 is 1.00 bits per heavy atom. The van der Waals surface area contributed by atoms with Crippen molar-refractivity contribution in [1.82, 2.24) is 4.90 Å². The number of benzene rings is 2. The SMILES string of the molecule is COCCN1C(=O)c2ccccc2C(C(=O)Nc2ccc(NC(C)=O)cc2)C1c1cccs1. The molecule has 0 spiro atoms. The summed E-state index contributed by atoms with van der Waals surface area (Å²) in [6.45, 7) is 2.19. The number of carbonyl (C=O) groups excluding carboxylic acids is 3. The van der Waals surface area contributed by atoms with E-state index in [4.69, 9.17) is 4.74 Å². The van der Waals surface area contributed by atoms with Crippen LogP contribution in [0.1, 0.15) is 39.7 Å². The first-order valence-electron chi connectivity index (χ1n) is 10.6. The van der Waals surface area contributed by atoms with Gasteiger partial charge in [0, 0.05) is 42.4 Å². The summed E-state index contributed by atoms with van der Waals surface area (Å²) < 4.78 is 5.26. The maximum atomic E-state index is 13.7. The molecular weight excluding hydrogens is 438 g/mol. The molecule has 2 atom stereocenters. The van der Waals surface area contributed by atoms with Crippen molar-refractivity contribution >= 4 is 40.4 Å². The number of ether oxygens (including phenoxy) is 1. The Hall–Kier alpha value is -3.49. The lowest BCUT2D eigenvalue weighted by Crippen LogP contribution is -2.47. The third kappa shape index (κ3) is 4.81. The molecule has 2 aromatic carbocycles. The predicted molar refractivity (Wildman–Crippen MR) is 129 cm³/mol. The summed E-state index contributed by atoms with van der Waals surface area (Å²) in [5.74, 6) is -1.07. The van der Waals surface area contributed by atoms with Crippen molar-refractivity contribution in [3.05, 3.63) is 82.0 Å². The van der Waals surface area contributed by atoms with E-state index >= 15 is 0 Å². The second-order valence-electron chi connectivity index (χ2n) is 7.76. The highest BCUT2D eigenvalue weighted by Gasteiger charge is 2.44. The normalized spacial score (nSPS) is 17.4. The summed E-state index contributed by atoms with van der Waals surface area (Å²) >= 11 is 1.52. The number of nitrogens with zero attached hydrogens (tertiary/aromatic N) is 1. The van der Waals surface area contributed by atoms with Crippen molar-refractivity contribution < 1.29 is 19.1 Å². The molecular formula is C25H25N3O4S. The molecule has 170 valence electrons. The van der Waals surface area contributed by atoms with Crippen LogP contribution >= 0.6 is 11.3 Å². The van der Waals surface area contributed by atoms with Gasteiger partial charge in [0.1, 0.15) is 0 Å². The molecule has 0 radical (unpaired) electrons. The minimum Gasteiger partial charge on any atom is -0.383 e. The average molecular weight is 464 g/mol. The Morgan fingerprint density at radius 3 is 2.33 bits per heavy atom. The number of amides is 3. The number of hydrogen-bond donors (Lipinski definition) is 2. The molecule has 33 heavy (non-hydrogen) atoms. The van der Waals surface area contributed by atoms with Crippen LogP contribution in [-0.4, -0.2) is 42.9 Å². The topological polar surface area (TPSA) is 87.7 Å². The van der Waals surface area contributed by atoms with Crippen molar-refractivity contribution in [2.45, 2.75) is 18.9 Å². The summed E-state index contributed by atoms with van der Waals surface area (Å²) in [6.07, 6.45) is 0. The van der Waals surface area contributed by atoms with Gasteiger partial charge < -0.3 is 20.3 Å². The summed E-state index contributed by atoms with van der Waals surface area (Å²) in [4.78, 5) is 41.0. The van der Waals surface area contributed by atoms with E-state index in [1.807, 2.05) is 35.7 Å². The van der Waals surface area contributed by atoms with Gasteiger partial charge in [-0.1, -0.05) is 24.3 Å². The summed E-state index contributed by atoms with van der Waals surface area (Å²) in [5.41, 5.74) is 2.50. The van der Waals surface area contributed by atoms with Crippen LogP contribution in [-0.2, 0) is 14.3 Å². The molecule has 2 unspecified atom stereocenters. The quantitative estimate of drug-likeness (QED) is 0.548. The summed E-state index contributed by atoms with van der Waals surface area (Å²) in [6, 6.07) is 17.7. The molecule has 3 amide bonds. The van der Waals surface area contributed by atoms with E-state index in [1.165, 1.54) is 18.3 Å². The fourth-order valence-electron chi connectivity index (χ4n) is 4.15. The molecule has 1 aliphatic rings. The highest BCUT2D eigenvalue weighted by atomic mass is 32.1. The second-order valence-corrected chi connectivity index (χ2v) is 8.74. The van der Waals surface area contributed by atoms with Crippen LogP contribution in [0.15, 0.2) is 66.0 Å². The van der Waals surface area contributed by atoms with Gasteiger partial charge in [-0.15, -0.1) is 11.3 Å². The van der Waals surface area contributed by atoms with E-state index in [1.54, 1.807) is 42.3 Å². The van der Waals surface area contributed by atoms with Crippen LogP contribution < -0.4 is 10.6 Å². The van der Waals surface area contributed by atoms with Gasteiger partial charge in [0.25, 0.3) is 5.91 Å². The molecule has 2 N–H and O–H groups in total. The highest BCUT2D eigenvalue weighted by Crippen LogP contribution is 2.44. The number of hydrogen-bond acceptors (Lipinski definition) is 5. The number of carbonyl (C=O) groups is 3. The number of rotatable bonds is 7. The Kier molecular flexibility index (Phi) is 6.86. The molecule has 0 saturated carbocycles. The van der Waals surface area contributed by atoms with Crippen LogP contribution in [0.25, 0.3) is 0 Å². The van der Waals surface area contributed by atoms with Crippen molar-refractivity contribution in [1.29, 1.82) is 0 Å². The lowest BCUT2D eigenvalue weighted by atomic mass is 9.81. The van der Waals surface area contributed by atoms with Crippen molar-refractivity contribution in [2.75, 3.05) is 30.9 Å². The van der Waals surface area contributed by atoms with Gasteiger partial charge in [-0.3, -0.25) is 14.4 Å². The largest absolute Gasteiger partial charge is 0.383 e. The average Bonchev–Trinajstić information content (AvgIpc) is 3.34. The number of anilines is 2. The van der Waals surface area contributed by atoms with E-state index < -0.39 is 12.0 Å².